The molecule has 0 unspecified atom stereocenters. The summed E-state index contributed by atoms with van der Waals surface area (Å²) in [6.45, 7) is 0. The number of hydrogen-bond acceptors (Lipinski definition) is 8. The highest BCUT2D eigenvalue weighted by atomic mass is 19.4. The normalized spacial score (nSPS) is 18.0. The highest BCUT2D eigenvalue weighted by Gasteiger charge is 2.43. The van der Waals surface area contributed by atoms with E-state index in [0.717, 1.165) is 12.0 Å². The van der Waals surface area contributed by atoms with E-state index in [0.29, 0.717) is 28.3 Å². The zero-order chi connectivity index (χ0) is 22.5. The van der Waals surface area contributed by atoms with E-state index in [1.54, 1.807) is 23.1 Å². The zero-order valence-corrected chi connectivity index (χ0v) is 16.9. The van der Waals surface area contributed by atoms with Crippen LogP contribution in [0.5, 0.6) is 11.9 Å². The Morgan fingerprint density at radius 2 is 1.78 bits per heavy atom. The van der Waals surface area contributed by atoms with E-state index in [-0.39, 0.29) is 17.8 Å². The molecule has 0 radical (unpaired) electrons. The average Bonchev–Trinajstić information content (AvgIpc) is 3.45. The Bertz CT molecular complexity index is 1290. The second-order valence-corrected chi connectivity index (χ2v) is 7.25. The lowest BCUT2D eigenvalue weighted by atomic mass is 10.1. The van der Waals surface area contributed by atoms with Gasteiger partial charge in [-0.3, -0.25) is 0 Å². The summed E-state index contributed by atoms with van der Waals surface area (Å²) in [5.74, 6) is -0.820. The van der Waals surface area contributed by atoms with Crippen LogP contribution >= 0.6 is 0 Å². The Balaban J connectivity index is 1.52. The van der Waals surface area contributed by atoms with Crippen LogP contribution in [0, 0.1) is 0 Å². The fourth-order valence-corrected chi connectivity index (χ4v) is 3.71. The quantitative estimate of drug-likeness (QED) is 0.463. The van der Waals surface area contributed by atoms with Crippen molar-refractivity contribution in [1.29, 1.82) is 0 Å². The van der Waals surface area contributed by atoms with Crippen molar-refractivity contribution in [3.05, 3.63) is 54.0 Å². The van der Waals surface area contributed by atoms with Crippen LogP contribution in [-0.4, -0.2) is 48.8 Å². The summed E-state index contributed by atoms with van der Waals surface area (Å²) in [7, 11) is 2.95. The molecule has 2 atom stereocenters. The summed E-state index contributed by atoms with van der Waals surface area (Å²) in [6.07, 6.45) is 3.57. The highest BCUT2D eigenvalue weighted by Crippen LogP contribution is 2.55. The summed E-state index contributed by atoms with van der Waals surface area (Å²) in [6, 6.07) is 2.05. The smallest absolute Gasteiger partial charge is 0.451 e. The minimum absolute atomic E-state index is 0.0120. The van der Waals surface area contributed by atoms with Gasteiger partial charge in [0.2, 0.25) is 11.7 Å². The number of nitrogens with zero attached hydrogens (tertiary/aromatic N) is 7. The number of imidazole rings is 1. The van der Waals surface area contributed by atoms with Crippen LogP contribution in [0.4, 0.5) is 13.2 Å². The molecule has 0 spiro atoms. The van der Waals surface area contributed by atoms with Crippen LogP contribution in [0.25, 0.3) is 16.9 Å². The molecular formula is C20H16F3N7O2. The first kappa shape index (κ1) is 20.1. The molecule has 0 N–H and O–H groups in total. The predicted molar refractivity (Wildman–Crippen MR) is 104 cm³/mol. The number of aromatic nitrogens is 7. The summed E-state index contributed by atoms with van der Waals surface area (Å²) in [4.78, 5) is 19.7. The van der Waals surface area contributed by atoms with E-state index < -0.39 is 12.0 Å². The molecule has 164 valence electrons. The lowest BCUT2D eigenvalue weighted by Crippen LogP contribution is -2.10. The number of hydrogen-bond donors (Lipinski definition) is 0. The first-order valence-corrected chi connectivity index (χ1v) is 9.58. The molecule has 1 saturated carbocycles. The van der Waals surface area contributed by atoms with Gasteiger partial charge in [-0.05, 0) is 29.9 Å². The van der Waals surface area contributed by atoms with Gasteiger partial charge in [-0.15, -0.1) is 0 Å². The molecule has 0 aliphatic heterocycles. The number of rotatable bonds is 5. The van der Waals surface area contributed by atoms with Crippen molar-refractivity contribution >= 4 is 5.65 Å². The summed E-state index contributed by atoms with van der Waals surface area (Å²) < 4.78 is 50.4. The van der Waals surface area contributed by atoms with E-state index in [2.05, 4.69) is 30.0 Å². The van der Waals surface area contributed by atoms with Gasteiger partial charge in [0.25, 0.3) is 0 Å². The van der Waals surface area contributed by atoms with Crippen molar-refractivity contribution in [3.8, 4) is 23.1 Å². The molecule has 0 bridgehead atoms. The van der Waals surface area contributed by atoms with Crippen LogP contribution in [0.3, 0.4) is 0 Å². The first-order chi connectivity index (χ1) is 15.4. The lowest BCUT2D eigenvalue weighted by molar-refractivity contribution is -0.145. The summed E-state index contributed by atoms with van der Waals surface area (Å²) in [5, 5.41) is 4.58. The van der Waals surface area contributed by atoms with E-state index in [1.165, 1.54) is 26.6 Å². The maximum Gasteiger partial charge on any atom is 0.451 e. The van der Waals surface area contributed by atoms with Crippen LogP contribution < -0.4 is 9.47 Å². The second kappa shape index (κ2) is 7.39. The van der Waals surface area contributed by atoms with Gasteiger partial charge >= 0.3 is 12.2 Å². The molecule has 0 amide bonds. The molecule has 1 fully saturated rings. The molecule has 0 saturated heterocycles. The van der Waals surface area contributed by atoms with E-state index in [4.69, 9.17) is 9.47 Å². The minimum Gasteiger partial charge on any atom is -0.480 e. The average molecular weight is 443 g/mol. The number of methoxy groups -OCH3 is 2. The Kier molecular flexibility index (Phi) is 4.64. The van der Waals surface area contributed by atoms with Crippen LogP contribution in [0.2, 0.25) is 0 Å². The maximum absolute atomic E-state index is 12.8. The first-order valence-electron chi connectivity index (χ1n) is 9.58. The van der Waals surface area contributed by atoms with Gasteiger partial charge in [0.05, 0.1) is 25.5 Å². The molecule has 32 heavy (non-hydrogen) atoms. The summed E-state index contributed by atoms with van der Waals surface area (Å²) >= 11 is 0. The Morgan fingerprint density at radius 3 is 2.47 bits per heavy atom. The molecule has 12 heteroatoms. The van der Waals surface area contributed by atoms with Crippen molar-refractivity contribution in [3.63, 3.8) is 0 Å². The molecule has 1 aliphatic carbocycles. The summed E-state index contributed by atoms with van der Waals surface area (Å²) in [5.41, 5.74) is 3.36. The third kappa shape index (κ3) is 3.47. The number of fused-ring (bicyclic) bond motifs is 1. The third-order valence-corrected chi connectivity index (χ3v) is 5.31. The van der Waals surface area contributed by atoms with Gasteiger partial charge < -0.3 is 9.47 Å². The molecule has 5 rings (SSSR count). The molecular weight excluding hydrogens is 427 g/mol. The highest BCUT2D eigenvalue weighted by molar-refractivity contribution is 5.68. The third-order valence-electron chi connectivity index (χ3n) is 5.31. The van der Waals surface area contributed by atoms with Gasteiger partial charge in [-0.25, -0.2) is 24.5 Å². The molecule has 4 heterocycles. The van der Waals surface area contributed by atoms with Crippen molar-refractivity contribution in [2.75, 3.05) is 14.2 Å². The van der Waals surface area contributed by atoms with E-state index in [1.807, 2.05) is 6.07 Å². The Labute approximate surface area is 179 Å². The standard InChI is InChI=1S/C20H16F3N7O2/c1-31-17-14(9-27-19(28-17)32-2)15-6-13(16-24-3-4-30(16)29-15)12-5-11(12)10-7-25-18(26-8-10)20(21,22)23/h3-4,6-9,11-12H,5H2,1-2H3/t11-,12+/m1/s1. The number of alkyl halides is 3. The van der Waals surface area contributed by atoms with Crippen molar-refractivity contribution in [2.45, 2.75) is 24.4 Å². The van der Waals surface area contributed by atoms with Crippen LogP contribution in [-0.2, 0) is 6.18 Å². The lowest BCUT2D eigenvalue weighted by Gasteiger charge is -2.11. The largest absolute Gasteiger partial charge is 0.480 e. The molecule has 4 aromatic rings. The van der Waals surface area contributed by atoms with Crippen LogP contribution in [0.15, 0.2) is 37.1 Å². The molecule has 4 aromatic heterocycles. The molecule has 0 aromatic carbocycles. The van der Waals surface area contributed by atoms with Crippen molar-refractivity contribution in [1.82, 2.24) is 34.5 Å². The minimum atomic E-state index is -4.57. The van der Waals surface area contributed by atoms with Gasteiger partial charge in [-0.1, -0.05) is 0 Å². The van der Waals surface area contributed by atoms with Crippen LogP contribution in [0.1, 0.15) is 35.2 Å². The molecule has 1 aliphatic rings. The SMILES string of the molecule is COc1ncc(-c2cc([C@H]3C[C@@H]3c3cnc(C(F)(F)F)nc3)c3nccn3n2)c(OC)n1. The fourth-order valence-electron chi connectivity index (χ4n) is 3.71. The fraction of sp³-hybridized carbons (Fsp3) is 0.300. The molecule has 9 nitrogen and oxygen atoms in total. The van der Waals surface area contributed by atoms with Crippen molar-refractivity contribution < 1.29 is 22.6 Å². The van der Waals surface area contributed by atoms with Gasteiger partial charge in [0.15, 0.2) is 5.65 Å². The second-order valence-electron chi connectivity index (χ2n) is 7.25. The van der Waals surface area contributed by atoms with E-state index in [9.17, 15) is 13.2 Å². The predicted octanol–water partition coefficient (Wildman–Crippen LogP) is 3.28. The number of ether oxygens (including phenoxy) is 2. The van der Waals surface area contributed by atoms with Crippen molar-refractivity contribution in [2.24, 2.45) is 0 Å². The zero-order valence-electron chi connectivity index (χ0n) is 16.9. The Morgan fingerprint density at radius 1 is 1.00 bits per heavy atom. The number of halogens is 3. The van der Waals surface area contributed by atoms with E-state index >= 15 is 0 Å². The van der Waals surface area contributed by atoms with Gasteiger partial charge in [0, 0.05) is 36.5 Å². The van der Waals surface area contributed by atoms with Gasteiger partial charge in [-0.2, -0.15) is 23.3 Å². The van der Waals surface area contributed by atoms with Gasteiger partial charge in [0.1, 0.15) is 0 Å². The monoisotopic (exact) mass is 443 g/mol. The topological polar surface area (TPSA) is 100 Å². The maximum atomic E-state index is 12.8. The Hall–Kier alpha value is -3.83.